The van der Waals surface area contributed by atoms with Crippen LogP contribution in [0.15, 0.2) is 48.5 Å². The number of para-hydroxylation sites is 2. The molecule has 0 fully saturated rings. The van der Waals surface area contributed by atoms with Gasteiger partial charge in [0, 0.05) is 20.0 Å². The van der Waals surface area contributed by atoms with Crippen LogP contribution in [0.3, 0.4) is 0 Å². The molecule has 0 aliphatic carbocycles. The van der Waals surface area contributed by atoms with Gasteiger partial charge in [0.05, 0.1) is 31.2 Å². The van der Waals surface area contributed by atoms with Crippen molar-refractivity contribution < 1.29 is 14.3 Å². The Hall–Kier alpha value is -3.02. The highest BCUT2D eigenvalue weighted by Gasteiger charge is 2.13. The number of rotatable bonds is 7. The number of aromatic nitrogens is 2. The van der Waals surface area contributed by atoms with Crippen LogP contribution < -0.4 is 9.47 Å². The maximum Gasteiger partial charge on any atom is 0.219 e. The Balaban J connectivity index is 1.78. The fraction of sp³-hybridized carbons (Fsp3) is 0.300. The Morgan fingerprint density at radius 2 is 1.92 bits per heavy atom. The van der Waals surface area contributed by atoms with Gasteiger partial charge in [-0.1, -0.05) is 18.2 Å². The van der Waals surface area contributed by atoms with Crippen molar-refractivity contribution in [2.75, 3.05) is 20.8 Å². The molecule has 0 radical (unpaired) electrons. The molecule has 0 aliphatic heterocycles. The standard InChI is InChI=1S/C20H23N3O3/c1-15(24)22(2)14-20-21-18-9-4-5-10-19(18)23(20)11-12-26-17-8-6-7-16(13-17)25-3/h4-10,13H,11-12,14H2,1-3H3. The number of carbonyl (C=O) groups is 1. The lowest BCUT2D eigenvalue weighted by Gasteiger charge is -2.16. The highest BCUT2D eigenvalue weighted by atomic mass is 16.5. The summed E-state index contributed by atoms with van der Waals surface area (Å²) < 4.78 is 13.2. The molecule has 26 heavy (non-hydrogen) atoms. The van der Waals surface area contributed by atoms with Gasteiger partial charge in [0.25, 0.3) is 0 Å². The largest absolute Gasteiger partial charge is 0.497 e. The Kier molecular flexibility index (Phi) is 5.41. The van der Waals surface area contributed by atoms with Crippen LogP contribution in [0.4, 0.5) is 0 Å². The van der Waals surface area contributed by atoms with E-state index in [1.165, 1.54) is 0 Å². The number of ether oxygens (including phenoxy) is 2. The van der Waals surface area contributed by atoms with Gasteiger partial charge in [-0.05, 0) is 24.3 Å². The number of imidazole rings is 1. The van der Waals surface area contributed by atoms with Crippen LogP contribution in [0.25, 0.3) is 11.0 Å². The van der Waals surface area contributed by atoms with Crippen LogP contribution in [0, 0.1) is 0 Å². The van der Waals surface area contributed by atoms with Crippen LogP contribution in [0.5, 0.6) is 11.5 Å². The molecule has 3 aromatic rings. The van der Waals surface area contributed by atoms with Gasteiger partial charge in [0.2, 0.25) is 5.91 Å². The molecule has 6 nitrogen and oxygen atoms in total. The van der Waals surface area contributed by atoms with E-state index in [1.54, 1.807) is 26.0 Å². The molecule has 3 rings (SSSR count). The lowest BCUT2D eigenvalue weighted by molar-refractivity contribution is -0.128. The minimum Gasteiger partial charge on any atom is -0.497 e. The van der Waals surface area contributed by atoms with Gasteiger partial charge >= 0.3 is 0 Å². The summed E-state index contributed by atoms with van der Waals surface area (Å²) in [6, 6.07) is 15.5. The van der Waals surface area contributed by atoms with Gasteiger partial charge in [-0.15, -0.1) is 0 Å². The molecule has 136 valence electrons. The minimum atomic E-state index is 0.0104. The third-order valence-corrected chi connectivity index (χ3v) is 4.27. The first kappa shape index (κ1) is 17.8. The summed E-state index contributed by atoms with van der Waals surface area (Å²) >= 11 is 0. The van der Waals surface area contributed by atoms with Crippen molar-refractivity contribution in [2.24, 2.45) is 0 Å². The molecule has 0 saturated heterocycles. The first-order valence-corrected chi connectivity index (χ1v) is 8.51. The molecule has 0 atom stereocenters. The van der Waals surface area contributed by atoms with Crippen molar-refractivity contribution in [3.05, 3.63) is 54.4 Å². The summed E-state index contributed by atoms with van der Waals surface area (Å²) in [6.45, 7) is 3.14. The van der Waals surface area contributed by atoms with Gasteiger partial charge < -0.3 is 18.9 Å². The van der Waals surface area contributed by atoms with Crippen molar-refractivity contribution in [1.29, 1.82) is 0 Å². The maximum absolute atomic E-state index is 11.6. The Labute approximate surface area is 153 Å². The van der Waals surface area contributed by atoms with Crippen LogP contribution >= 0.6 is 0 Å². The second kappa shape index (κ2) is 7.91. The zero-order chi connectivity index (χ0) is 18.5. The molecule has 2 aromatic carbocycles. The first-order valence-electron chi connectivity index (χ1n) is 8.51. The summed E-state index contributed by atoms with van der Waals surface area (Å²) in [6.07, 6.45) is 0. The fourth-order valence-electron chi connectivity index (χ4n) is 2.76. The van der Waals surface area contributed by atoms with Crippen LogP contribution in [-0.4, -0.2) is 41.1 Å². The summed E-state index contributed by atoms with van der Waals surface area (Å²) in [4.78, 5) is 17.9. The number of hydrogen-bond acceptors (Lipinski definition) is 4. The lowest BCUT2D eigenvalue weighted by atomic mass is 10.3. The van der Waals surface area contributed by atoms with Gasteiger partial charge in [-0.2, -0.15) is 0 Å². The highest BCUT2D eigenvalue weighted by Crippen LogP contribution is 2.20. The number of carbonyl (C=O) groups excluding carboxylic acids is 1. The molecule has 0 unspecified atom stereocenters. The second-order valence-corrected chi connectivity index (χ2v) is 6.07. The van der Waals surface area contributed by atoms with Crippen LogP contribution in [0.2, 0.25) is 0 Å². The van der Waals surface area contributed by atoms with Crippen molar-refractivity contribution in [3.63, 3.8) is 0 Å². The van der Waals surface area contributed by atoms with E-state index >= 15 is 0 Å². The molecule has 0 saturated carbocycles. The number of hydrogen-bond donors (Lipinski definition) is 0. The molecular formula is C20H23N3O3. The molecule has 1 heterocycles. The number of methoxy groups -OCH3 is 1. The van der Waals surface area contributed by atoms with Gasteiger partial charge in [0.15, 0.2) is 0 Å². The van der Waals surface area contributed by atoms with Crippen molar-refractivity contribution >= 4 is 16.9 Å². The minimum absolute atomic E-state index is 0.0104. The Morgan fingerprint density at radius 1 is 1.15 bits per heavy atom. The normalized spacial score (nSPS) is 10.7. The molecule has 0 bridgehead atoms. The molecule has 1 amide bonds. The monoisotopic (exact) mass is 353 g/mol. The van der Waals surface area contributed by atoms with Crippen molar-refractivity contribution in [1.82, 2.24) is 14.5 Å². The molecule has 0 N–H and O–H groups in total. The molecule has 6 heteroatoms. The molecular weight excluding hydrogens is 330 g/mol. The highest BCUT2D eigenvalue weighted by molar-refractivity contribution is 5.76. The quantitative estimate of drug-likeness (QED) is 0.655. The van der Waals surface area contributed by atoms with E-state index in [0.717, 1.165) is 28.4 Å². The van der Waals surface area contributed by atoms with Crippen molar-refractivity contribution in [3.8, 4) is 11.5 Å². The SMILES string of the molecule is COc1cccc(OCCn2c(CN(C)C(C)=O)nc3ccccc32)c1. The van der Waals surface area contributed by atoms with E-state index < -0.39 is 0 Å². The molecule has 0 spiro atoms. The Bertz CT molecular complexity index is 904. The number of benzene rings is 2. The van der Waals surface area contributed by atoms with Gasteiger partial charge in [-0.25, -0.2) is 4.98 Å². The fourth-order valence-corrected chi connectivity index (χ4v) is 2.76. The van der Waals surface area contributed by atoms with Crippen molar-refractivity contribution in [2.45, 2.75) is 20.0 Å². The van der Waals surface area contributed by atoms with E-state index in [4.69, 9.17) is 9.47 Å². The number of fused-ring (bicyclic) bond motifs is 1. The average Bonchev–Trinajstić information content (AvgIpc) is 2.99. The summed E-state index contributed by atoms with van der Waals surface area (Å²) in [7, 11) is 3.41. The van der Waals surface area contributed by atoms with Gasteiger partial charge in [0.1, 0.15) is 23.9 Å². The average molecular weight is 353 g/mol. The zero-order valence-corrected chi connectivity index (χ0v) is 15.3. The maximum atomic E-state index is 11.6. The number of nitrogens with zero attached hydrogens (tertiary/aromatic N) is 3. The molecule has 0 aliphatic rings. The van der Waals surface area contributed by atoms with E-state index in [0.29, 0.717) is 19.7 Å². The summed E-state index contributed by atoms with van der Waals surface area (Å²) in [5.41, 5.74) is 1.95. The zero-order valence-electron chi connectivity index (χ0n) is 15.3. The third kappa shape index (κ3) is 3.96. The molecule has 1 aromatic heterocycles. The lowest BCUT2D eigenvalue weighted by Crippen LogP contribution is -2.25. The summed E-state index contributed by atoms with van der Waals surface area (Å²) in [5.74, 6) is 2.38. The Morgan fingerprint density at radius 3 is 2.69 bits per heavy atom. The predicted octanol–water partition coefficient (Wildman–Crippen LogP) is 3.10. The smallest absolute Gasteiger partial charge is 0.219 e. The third-order valence-electron chi connectivity index (χ3n) is 4.27. The predicted molar refractivity (Wildman–Crippen MR) is 100 cm³/mol. The van der Waals surface area contributed by atoms with Crippen LogP contribution in [0.1, 0.15) is 12.7 Å². The summed E-state index contributed by atoms with van der Waals surface area (Å²) in [5, 5.41) is 0. The number of amides is 1. The first-order chi connectivity index (χ1) is 12.6. The second-order valence-electron chi connectivity index (χ2n) is 6.07. The van der Waals surface area contributed by atoms with E-state index in [-0.39, 0.29) is 5.91 Å². The van der Waals surface area contributed by atoms with Crippen LogP contribution in [-0.2, 0) is 17.9 Å². The van der Waals surface area contributed by atoms with E-state index in [2.05, 4.69) is 9.55 Å². The topological polar surface area (TPSA) is 56.6 Å². The van der Waals surface area contributed by atoms with E-state index in [9.17, 15) is 4.79 Å². The van der Waals surface area contributed by atoms with E-state index in [1.807, 2.05) is 48.5 Å². The van der Waals surface area contributed by atoms with Gasteiger partial charge in [-0.3, -0.25) is 4.79 Å².